The highest BCUT2D eigenvalue weighted by Gasteiger charge is 2.17. The average Bonchev–Trinajstić information content (AvgIpc) is 2.78. The molecule has 0 aliphatic heterocycles. The van der Waals surface area contributed by atoms with Crippen molar-refractivity contribution < 1.29 is 19.8 Å². The highest BCUT2D eigenvalue weighted by atomic mass is 35.5. The van der Waals surface area contributed by atoms with Gasteiger partial charge in [0.2, 0.25) is 0 Å². The number of thioether (sulfide) groups is 1. The van der Waals surface area contributed by atoms with Gasteiger partial charge in [-0.1, -0.05) is 35.5 Å². The summed E-state index contributed by atoms with van der Waals surface area (Å²) in [6.45, 7) is -0.364. The zero-order chi connectivity index (χ0) is 15.4. The van der Waals surface area contributed by atoms with Crippen LogP contribution in [-0.4, -0.2) is 42.7 Å². The predicted molar refractivity (Wildman–Crippen MR) is 76.5 cm³/mol. The third kappa shape index (κ3) is 3.96. The number of aliphatic carboxylic acids is 2. The summed E-state index contributed by atoms with van der Waals surface area (Å²) in [5.74, 6) is -2.00. The Labute approximate surface area is 128 Å². The van der Waals surface area contributed by atoms with Crippen LogP contribution in [0, 0.1) is 0 Å². The SMILES string of the molecule is O=C(O)CSc1nnc(-c2cccc(Cl)c2)n1CC(=O)O. The maximum atomic E-state index is 11.0. The molecule has 21 heavy (non-hydrogen) atoms. The van der Waals surface area contributed by atoms with Crippen molar-refractivity contribution in [1.29, 1.82) is 0 Å². The lowest BCUT2D eigenvalue weighted by molar-refractivity contribution is -0.138. The first-order valence-corrected chi connectivity index (χ1v) is 7.09. The number of carboxylic acid groups (broad SMARTS) is 2. The quantitative estimate of drug-likeness (QED) is 0.780. The normalized spacial score (nSPS) is 10.5. The summed E-state index contributed by atoms with van der Waals surface area (Å²) in [6.07, 6.45) is 0. The van der Waals surface area contributed by atoms with Gasteiger partial charge in [-0.3, -0.25) is 14.2 Å². The molecular weight excluding hydrogens is 318 g/mol. The first-order valence-electron chi connectivity index (χ1n) is 5.73. The number of halogens is 1. The van der Waals surface area contributed by atoms with Gasteiger partial charge in [-0.15, -0.1) is 10.2 Å². The van der Waals surface area contributed by atoms with Gasteiger partial charge < -0.3 is 10.2 Å². The van der Waals surface area contributed by atoms with Gasteiger partial charge in [0, 0.05) is 10.6 Å². The predicted octanol–water partition coefficient (Wildman–Crippen LogP) is 1.86. The van der Waals surface area contributed by atoms with Crippen LogP contribution >= 0.6 is 23.4 Å². The van der Waals surface area contributed by atoms with Crippen molar-refractivity contribution in [2.24, 2.45) is 0 Å². The van der Waals surface area contributed by atoms with E-state index in [1.807, 2.05) is 0 Å². The smallest absolute Gasteiger partial charge is 0.323 e. The number of aromatic nitrogens is 3. The Hall–Kier alpha value is -2.06. The van der Waals surface area contributed by atoms with E-state index in [4.69, 9.17) is 21.8 Å². The number of benzene rings is 1. The van der Waals surface area contributed by atoms with Gasteiger partial charge in [-0.2, -0.15) is 0 Å². The lowest BCUT2D eigenvalue weighted by Gasteiger charge is -2.07. The molecule has 0 fully saturated rings. The summed E-state index contributed by atoms with van der Waals surface area (Å²) in [5.41, 5.74) is 0.610. The molecule has 2 rings (SSSR count). The summed E-state index contributed by atoms with van der Waals surface area (Å²) >= 11 is 6.82. The van der Waals surface area contributed by atoms with E-state index in [1.54, 1.807) is 24.3 Å². The molecule has 1 aromatic heterocycles. The van der Waals surface area contributed by atoms with Crippen LogP contribution in [0.25, 0.3) is 11.4 Å². The summed E-state index contributed by atoms with van der Waals surface area (Å²) < 4.78 is 1.35. The molecule has 0 bridgehead atoms. The molecule has 0 aliphatic rings. The zero-order valence-corrected chi connectivity index (χ0v) is 12.1. The van der Waals surface area contributed by atoms with Crippen LogP contribution in [0.2, 0.25) is 5.02 Å². The number of nitrogens with zero attached hydrogens (tertiary/aromatic N) is 3. The fraction of sp³-hybridized carbons (Fsp3) is 0.167. The van der Waals surface area contributed by atoms with Gasteiger partial charge in [0.25, 0.3) is 0 Å². The number of hydrogen-bond donors (Lipinski definition) is 2. The third-order valence-electron chi connectivity index (χ3n) is 2.42. The van der Waals surface area contributed by atoms with Crippen molar-refractivity contribution in [2.45, 2.75) is 11.7 Å². The maximum Gasteiger partial charge on any atom is 0.323 e. The summed E-state index contributed by atoms with van der Waals surface area (Å²) in [7, 11) is 0. The van der Waals surface area contributed by atoms with E-state index >= 15 is 0 Å². The van der Waals surface area contributed by atoms with Crippen LogP contribution in [0.3, 0.4) is 0 Å². The second-order valence-corrected chi connectivity index (χ2v) is 5.36. The van der Waals surface area contributed by atoms with E-state index in [0.717, 1.165) is 11.8 Å². The van der Waals surface area contributed by atoms with Crippen molar-refractivity contribution in [3.05, 3.63) is 29.3 Å². The minimum Gasteiger partial charge on any atom is -0.481 e. The van der Waals surface area contributed by atoms with Crippen LogP contribution in [-0.2, 0) is 16.1 Å². The van der Waals surface area contributed by atoms with E-state index in [9.17, 15) is 9.59 Å². The van der Waals surface area contributed by atoms with E-state index < -0.39 is 11.9 Å². The Morgan fingerprint density at radius 1 is 1.24 bits per heavy atom. The van der Waals surface area contributed by atoms with Gasteiger partial charge in [0.15, 0.2) is 11.0 Å². The molecule has 9 heteroatoms. The van der Waals surface area contributed by atoms with Crippen LogP contribution < -0.4 is 0 Å². The molecule has 0 saturated heterocycles. The fourth-order valence-electron chi connectivity index (χ4n) is 1.64. The average molecular weight is 328 g/mol. The molecule has 7 nitrogen and oxygen atoms in total. The van der Waals surface area contributed by atoms with Crippen LogP contribution in [0.4, 0.5) is 0 Å². The molecule has 0 spiro atoms. The Kier molecular flexibility index (Phi) is 4.81. The number of rotatable bonds is 6. The highest BCUT2D eigenvalue weighted by molar-refractivity contribution is 7.99. The third-order valence-corrected chi connectivity index (χ3v) is 3.60. The number of hydrogen-bond acceptors (Lipinski definition) is 5. The van der Waals surface area contributed by atoms with Gasteiger partial charge in [0.1, 0.15) is 6.54 Å². The van der Waals surface area contributed by atoms with Crippen LogP contribution in [0.1, 0.15) is 0 Å². The molecule has 0 unspecified atom stereocenters. The lowest BCUT2D eigenvalue weighted by atomic mass is 10.2. The van der Waals surface area contributed by atoms with E-state index in [0.29, 0.717) is 16.4 Å². The van der Waals surface area contributed by atoms with E-state index in [-0.39, 0.29) is 17.5 Å². The molecule has 2 N–H and O–H groups in total. The fourth-order valence-corrected chi connectivity index (χ4v) is 2.49. The largest absolute Gasteiger partial charge is 0.481 e. The minimum absolute atomic E-state index is 0.229. The van der Waals surface area contributed by atoms with Crippen molar-refractivity contribution in [3.8, 4) is 11.4 Å². The molecule has 2 aromatic rings. The molecule has 0 radical (unpaired) electrons. The molecule has 1 aromatic carbocycles. The standard InChI is InChI=1S/C12H10ClN3O4S/c13-8-3-1-2-7(4-8)11-14-15-12(21-6-10(19)20)16(11)5-9(17)18/h1-4H,5-6H2,(H,17,18)(H,19,20). The van der Waals surface area contributed by atoms with E-state index in [2.05, 4.69) is 10.2 Å². The summed E-state index contributed by atoms with van der Waals surface area (Å²) in [5, 5.41) is 26.2. The Balaban J connectivity index is 2.40. The second-order valence-electron chi connectivity index (χ2n) is 3.98. The molecule has 1 heterocycles. The molecular formula is C12H10ClN3O4S. The molecule has 110 valence electrons. The van der Waals surface area contributed by atoms with E-state index in [1.165, 1.54) is 4.57 Å². The van der Waals surface area contributed by atoms with Gasteiger partial charge >= 0.3 is 11.9 Å². The summed E-state index contributed by atoms with van der Waals surface area (Å²) in [6, 6.07) is 6.75. The van der Waals surface area contributed by atoms with Crippen molar-refractivity contribution in [2.75, 3.05) is 5.75 Å². The maximum absolute atomic E-state index is 11.0. The number of carboxylic acids is 2. The first-order chi connectivity index (χ1) is 9.97. The molecule has 0 aliphatic carbocycles. The molecule has 0 atom stereocenters. The number of carbonyl (C=O) groups is 2. The Morgan fingerprint density at radius 3 is 2.62 bits per heavy atom. The first kappa shape index (κ1) is 15.3. The van der Waals surface area contributed by atoms with Gasteiger partial charge in [-0.25, -0.2) is 0 Å². The zero-order valence-electron chi connectivity index (χ0n) is 10.6. The Morgan fingerprint density at radius 2 is 2.00 bits per heavy atom. The molecule has 0 amide bonds. The monoisotopic (exact) mass is 327 g/mol. The van der Waals surface area contributed by atoms with Crippen molar-refractivity contribution in [1.82, 2.24) is 14.8 Å². The van der Waals surface area contributed by atoms with Gasteiger partial charge in [0.05, 0.1) is 5.75 Å². The minimum atomic E-state index is -1.07. The summed E-state index contributed by atoms with van der Waals surface area (Å²) in [4.78, 5) is 21.6. The van der Waals surface area contributed by atoms with Gasteiger partial charge in [-0.05, 0) is 12.1 Å². The van der Waals surface area contributed by atoms with Crippen molar-refractivity contribution in [3.63, 3.8) is 0 Å². The van der Waals surface area contributed by atoms with Crippen LogP contribution in [0.5, 0.6) is 0 Å². The lowest BCUT2D eigenvalue weighted by Crippen LogP contribution is -2.12. The topological polar surface area (TPSA) is 105 Å². The Bertz CT molecular complexity index is 689. The second kappa shape index (κ2) is 6.59. The van der Waals surface area contributed by atoms with Crippen LogP contribution in [0.15, 0.2) is 29.4 Å². The molecule has 0 saturated carbocycles. The van der Waals surface area contributed by atoms with Crippen molar-refractivity contribution >= 4 is 35.3 Å². The highest BCUT2D eigenvalue weighted by Crippen LogP contribution is 2.25.